The molecule has 0 unspecified atom stereocenters. The minimum absolute atomic E-state index is 0.302. The zero-order chi connectivity index (χ0) is 18.1. The molecule has 0 bridgehead atoms. The fraction of sp³-hybridized carbons (Fsp3) is 0. The number of aromatic nitrogens is 1. The maximum absolute atomic E-state index is 11.6. The second-order valence-electron chi connectivity index (χ2n) is 5.75. The molecular weight excluding hydrogens is 352 g/mol. The Labute approximate surface area is 153 Å². The number of carbonyl (C=O) groups is 1. The maximum atomic E-state index is 11.6. The van der Waals surface area contributed by atoms with E-state index < -0.39 is 5.91 Å². The van der Waals surface area contributed by atoms with Crippen LogP contribution in [0.5, 0.6) is 0 Å². The Morgan fingerprint density at radius 3 is 2.54 bits per heavy atom. The quantitative estimate of drug-likeness (QED) is 0.399. The number of hydroxylamine groups is 1. The summed E-state index contributed by atoms with van der Waals surface area (Å²) in [5, 5.41) is 14.1. The van der Waals surface area contributed by atoms with Gasteiger partial charge in [0, 0.05) is 21.7 Å². The van der Waals surface area contributed by atoms with Crippen molar-refractivity contribution in [1.82, 2.24) is 10.6 Å². The standard InChI is InChI=1S/C20H13ClN2O3/c21-17-11-13(6-8-15(17)12-4-2-1-3-5-12)19-16-10-14(20(24)22-25)7-9-18(16)23-26-19/h1-11,25H,(H,22,24). The van der Waals surface area contributed by atoms with Gasteiger partial charge in [-0.05, 0) is 29.8 Å². The minimum atomic E-state index is -0.600. The Morgan fingerprint density at radius 1 is 1.00 bits per heavy atom. The fourth-order valence-corrected chi connectivity index (χ4v) is 3.15. The molecule has 1 aromatic heterocycles. The van der Waals surface area contributed by atoms with Gasteiger partial charge in [-0.25, -0.2) is 5.48 Å². The number of nitrogens with one attached hydrogen (secondary N) is 1. The molecule has 0 saturated heterocycles. The Balaban J connectivity index is 1.80. The maximum Gasteiger partial charge on any atom is 0.274 e. The smallest absolute Gasteiger partial charge is 0.274 e. The molecule has 5 nitrogen and oxygen atoms in total. The van der Waals surface area contributed by atoms with Crippen molar-refractivity contribution in [2.75, 3.05) is 0 Å². The zero-order valence-electron chi connectivity index (χ0n) is 13.4. The first-order valence-electron chi connectivity index (χ1n) is 7.86. The van der Waals surface area contributed by atoms with Crippen LogP contribution in [0.3, 0.4) is 0 Å². The molecule has 1 amide bonds. The molecule has 0 saturated carbocycles. The summed E-state index contributed by atoms with van der Waals surface area (Å²) in [6.45, 7) is 0. The van der Waals surface area contributed by atoms with E-state index in [9.17, 15) is 4.79 Å². The molecule has 0 aliphatic heterocycles. The molecule has 4 aromatic rings. The number of rotatable bonds is 3. The van der Waals surface area contributed by atoms with E-state index in [2.05, 4.69) is 5.16 Å². The van der Waals surface area contributed by atoms with Gasteiger partial charge in [0.15, 0.2) is 5.76 Å². The van der Waals surface area contributed by atoms with Crippen molar-refractivity contribution in [3.63, 3.8) is 0 Å². The average Bonchev–Trinajstić information content (AvgIpc) is 3.11. The van der Waals surface area contributed by atoms with Gasteiger partial charge >= 0.3 is 0 Å². The Morgan fingerprint density at radius 2 is 1.81 bits per heavy atom. The Hall–Kier alpha value is -3.15. The Bertz CT molecular complexity index is 1110. The summed E-state index contributed by atoms with van der Waals surface area (Å²) in [4.78, 5) is 11.6. The van der Waals surface area contributed by atoms with Gasteiger partial charge in [-0.2, -0.15) is 0 Å². The highest BCUT2D eigenvalue weighted by atomic mass is 35.5. The van der Waals surface area contributed by atoms with E-state index in [0.717, 1.165) is 16.7 Å². The molecule has 0 radical (unpaired) electrons. The number of benzene rings is 3. The van der Waals surface area contributed by atoms with Gasteiger partial charge in [0.25, 0.3) is 5.91 Å². The first kappa shape index (κ1) is 16.3. The summed E-state index contributed by atoms with van der Waals surface area (Å²) in [5.74, 6) is -0.0920. The molecule has 26 heavy (non-hydrogen) atoms. The van der Waals surface area contributed by atoms with Crippen molar-refractivity contribution in [2.45, 2.75) is 0 Å². The van der Waals surface area contributed by atoms with Crippen molar-refractivity contribution in [2.24, 2.45) is 0 Å². The second kappa shape index (κ2) is 6.63. The average molecular weight is 365 g/mol. The Kier molecular flexibility index (Phi) is 4.16. The van der Waals surface area contributed by atoms with Crippen molar-refractivity contribution in [3.8, 4) is 22.5 Å². The summed E-state index contributed by atoms with van der Waals surface area (Å²) >= 11 is 6.48. The third kappa shape index (κ3) is 2.83. The highest BCUT2D eigenvalue weighted by Gasteiger charge is 2.15. The van der Waals surface area contributed by atoms with E-state index in [4.69, 9.17) is 21.3 Å². The van der Waals surface area contributed by atoms with Crippen molar-refractivity contribution >= 4 is 28.4 Å². The van der Waals surface area contributed by atoms with E-state index in [1.165, 1.54) is 0 Å². The van der Waals surface area contributed by atoms with Crippen LogP contribution in [0.2, 0.25) is 5.02 Å². The third-order valence-corrected chi connectivity index (χ3v) is 4.47. The first-order chi connectivity index (χ1) is 12.7. The lowest BCUT2D eigenvalue weighted by Crippen LogP contribution is -2.18. The van der Waals surface area contributed by atoms with E-state index >= 15 is 0 Å². The number of hydrogen-bond donors (Lipinski definition) is 2. The lowest BCUT2D eigenvalue weighted by atomic mass is 10.0. The lowest BCUT2D eigenvalue weighted by molar-refractivity contribution is 0.0706. The molecule has 0 aliphatic rings. The largest absolute Gasteiger partial charge is 0.355 e. The second-order valence-corrected chi connectivity index (χ2v) is 6.15. The van der Waals surface area contributed by atoms with Crippen LogP contribution in [-0.2, 0) is 0 Å². The van der Waals surface area contributed by atoms with Crippen LogP contribution >= 0.6 is 11.6 Å². The van der Waals surface area contributed by atoms with Gasteiger partial charge in [-0.3, -0.25) is 10.0 Å². The van der Waals surface area contributed by atoms with Crippen LogP contribution in [0, 0.1) is 0 Å². The molecule has 0 fully saturated rings. The third-order valence-electron chi connectivity index (χ3n) is 4.16. The lowest BCUT2D eigenvalue weighted by Gasteiger charge is -2.06. The number of amides is 1. The minimum Gasteiger partial charge on any atom is -0.355 e. The summed E-state index contributed by atoms with van der Waals surface area (Å²) in [6.07, 6.45) is 0. The molecule has 128 valence electrons. The van der Waals surface area contributed by atoms with E-state index in [1.807, 2.05) is 48.5 Å². The van der Waals surface area contributed by atoms with Crippen LogP contribution in [0.15, 0.2) is 71.3 Å². The van der Waals surface area contributed by atoms with Crippen LogP contribution < -0.4 is 5.48 Å². The van der Waals surface area contributed by atoms with Gasteiger partial charge in [-0.15, -0.1) is 0 Å². The predicted octanol–water partition coefficient (Wildman–Crippen LogP) is 4.93. The molecule has 6 heteroatoms. The monoisotopic (exact) mass is 364 g/mol. The number of fused-ring (bicyclic) bond motifs is 1. The number of halogens is 1. The summed E-state index contributed by atoms with van der Waals surface area (Å²) in [6, 6.07) is 20.3. The molecule has 1 heterocycles. The summed E-state index contributed by atoms with van der Waals surface area (Å²) < 4.78 is 5.47. The van der Waals surface area contributed by atoms with E-state index in [1.54, 1.807) is 23.7 Å². The van der Waals surface area contributed by atoms with E-state index in [0.29, 0.717) is 27.2 Å². The number of nitrogens with zero attached hydrogens (tertiary/aromatic N) is 1. The molecule has 4 rings (SSSR count). The van der Waals surface area contributed by atoms with Crippen molar-refractivity contribution in [1.29, 1.82) is 0 Å². The normalized spacial score (nSPS) is 10.8. The van der Waals surface area contributed by atoms with Gasteiger partial charge in [0.2, 0.25) is 0 Å². The zero-order valence-corrected chi connectivity index (χ0v) is 14.2. The van der Waals surface area contributed by atoms with E-state index in [-0.39, 0.29) is 0 Å². The predicted molar refractivity (Wildman–Crippen MR) is 99.1 cm³/mol. The fourth-order valence-electron chi connectivity index (χ4n) is 2.86. The summed E-state index contributed by atoms with van der Waals surface area (Å²) in [7, 11) is 0. The topological polar surface area (TPSA) is 75.4 Å². The number of hydrogen-bond acceptors (Lipinski definition) is 4. The molecular formula is C20H13ClN2O3. The van der Waals surface area contributed by atoms with Crippen LogP contribution in [-0.4, -0.2) is 16.3 Å². The van der Waals surface area contributed by atoms with Crippen molar-refractivity contribution in [3.05, 3.63) is 77.3 Å². The van der Waals surface area contributed by atoms with Crippen LogP contribution in [0.4, 0.5) is 0 Å². The van der Waals surface area contributed by atoms with Gasteiger partial charge in [-0.1, -0.05) is 59.2 Å². The number of carbonyl (C=O) groups excluding carboxylic acids is 1. The van der Waals surface area contributed by atoms with Crippen molar-refractivity contribution < 1.29 is 14.5 Å². The van der Waals surface area contributed by atoms with Crippen LogP contribution in [0.1, 0.15) is 10.4 Å². The van der Waals surface area contributed by atoms with Gasteiger partial charge in [0.1, 0.15) is 5.52 Å². The summed E-state index contributed by atoms with van der Waals surface area (Å²) in [5.41, 5.74) is 5.22. The van der Waals surface area contributed by atoms with Crippen LogP contribution in [0.25, 0.3) is 33.4 Å². The molecule has 0 aliphatic carbocycles. The van der Waals surface area contributed by atoms with Gasteiger partial charge < -0.3 is 4.52 Å². The molecule has 3 aromatic carbocycles. The van der Waals surface area contributed by atoms with Gasteiger partial charge in [0.05, 0.1) is 5.39 Å². The molecule has 0 spiro atoms. The highest BCUT2D eigenvalue weighted by Crippen LogP contribution is 2.35. The highest BCUT2D eigenvalue weighted by molar-refractivity contribution is 6.33. The first-order valence-corrected chi connectivity index (χ1v) is 8.24. The SMILES string of the molecule is O=C(NO)c1ccc2noc(-c3ccc(-c4ccccc4)c(Cl)c3)c2c1. The molecule has 0 atom stereocenters. The molecule has 2 N–H and O–H groups in total.